The Hall–Kier alpha value is -1.31. The highest BCUT2D eigenvalue weighted by Gasteiger charge is 2.30. The number of rotatable bonds is 5. The Bertz CT molecular complexity index is 692. The monoisotopic (exact) mass is 396 g/mol. The van der Waals surface area contributed by atoms with Crippen LogP contribution in [0.3, 0.4) is 0 Å². The smallest absolute Gasteiger partial charge is 0.153 e. The lowest BCUT2D eigenvalue weighted by Crippen LogP contribution is -2.57. The first-order valence-corrected chi connectivity index (χ1v) is 8.90. The maximum atomic E-state index is 13.7. The van der Waals surface area contributed by atoms with E-state index in [0.717, 1.165) is 29.1 Å². The van der Waals surface area contributed by atoms with Crippen LogP contribution in [0.25, 0.3) is 0 Å². The SMILES string of the molecule is CN(C)C1CN(c2ncc(Br)cc2NSc2ccccc2F)C1. The number of pyridine rings is 1. The molecule has 0 unspecified atom stereocenters. The Labute approximate surface area is 148 Å². The quantitative estimate of drug-likeness (QED) is 0.775. The normalized spacial score (nSPS) is 14.9. The van der Waals surface area contributed by atoms with E-state index in [0.29, 0.717) is 10.9 Å². The van der Waals surface area contributed by atoms with Crippen molar-refractivity contribution in [3.8, 4) is 0 Å². The van der Waals surface area contributed by atoms with Crippen molar-refractivity contribution in [2.75, 3.05) is 36.8 Å². The first-order valence-electron chi connectivity index (χ1n) is 7.29. The van der Waals surface area contributed by atoms with Crippen molar-refractivity contribution in [3.05, 3.63) is 46.8 Å². The van der Waals surface area contributed by atoms with Gasteiger partial charge >= 0.3 is 0 Å². The zero-order chi connectivity index (χ0) is 16.4. The van der Waals surface area contributed by atoms with Crippen molar-refractivity contribution < 1.29 is 4.39 Å². The van der Waals surface area contributed by atoms with E-state index in [4.69, 9.17) is 0 Å². The van der Waals surface area contributed by atoms with E-state index in [9.17, 15) is 4.39 Å². The number of nitrogens with one attached hydrogen (secondary N) is 1. The van der Waals surface area contributed by atoms with Gasteiger partial charge in [-0.15, -0.1) is 0 Å². The fourth-order valence-corrected chi connectivity index (χ4v) is 3.37. The fourth-order valence-electron chi connectivity index (χ4n) is 2.35. The molecule has 4 nitrogen and oxygen atoms in total. The topological polar surface area (TPSA) is 31.4 Å². The van der Waals surface area contributed by atoms with E-state index in [-0.39, 0.29) is 5.82 Å². The van der Waals surface area contributed by atoms with Gasteiger partial charge in [-0.3, -0.25) is 0 Å². The summed E-state index contributed by atoms with van der Waals surface area (Å²) in [5.41, 5.74) is 0.879. The number of hydrogen-bond acceptors (Lipinski definition) is 5. The summed E-state index contributed by atoms with van der Waals surface area (Å²) in [5, 5.41) is 0. The van der Waals surface area contributed by atoms with Crippen LogP contribution >= 0.6 is 27.9 Å². The molecule has 122 valence electrons. The summed E-state index contributed by atoms with van der Waals surface area (Å²) in [6.45, 7) is 1.89. The van der Waals surface area contributed by atoms with E-state index >= 15 is 0 Å². The molecular formula is C16H18BrFN4S. The molecule has 1 fully saturated rings. The molecule has 0 bridgehead atoms. The third kappa shape index (κ3) is 3.79. The highest BCUT2D eigenvalue weighted by atomic mass is 79.9. The molecular weight excluding hydrogens is 379 g/mol. The molecule has 0 spiro atoms. The van der Waals surface area contributed by atoms with Gasteiger partial charge in [0.25, 0.3) is 0 Å². The van der Waals surface area contributed by atoms with Gasteiger partial charge < -0.3 is 14.5 Å². The summed E-state index contributed by atoms with van der Waals surface area (Å²) < 4.78 is 17.9. The standard InChI is InChI=1S/C16H18BrFN4S/c1-21(2)12-9-22(10-12)16-14(7-11(17)8-19-16)20-23-15-6-4-3-5-13(15)18/h3-8,12,20H,9-10H2,1-2H3. The van der Waals surface area contributed by atoms with Gasteiger partial charge in [-0.2, -0.15) is 0 Å². The summed E-state index contributed by atoms with van der Waals surface area (Å²) in [6.07, 6.45) is 1.79. The van der Waals surface area contributed by atoms with Gasteiger partial charge in [0.05, 0.1) is 10.6 Å². The number of nitrogens with zero attached hydrogens (tertiary/aromatic N) is 3. The Balaban J connectivity index is 1.74. The van der Waals surface area contributed by atoms with Gasteiger partial charge in [-0.25, -0.2) is 9.37 Å². The molecule has 0 atom stereocenters. The molecule has 0 radical (unpaired) electrons. The number of aromatic nitrogens is 1. The molecule has 1 aliphatic rings. The minimum atomic E-state index is -0.230. The van der Waals surface area contributed by atoms with Crippen molar-refractivity contribution in [1.82, 2.24) is 9.88 Å². The van der Waals surface area contributed by atoms with Crippen LogP contribution in [0.1, 0.15) is 0 Å². The maximum absolute atomic E-state index is 13.7. The van der Waals surface area contributed by atoms with Crippen LogP contribution in [-0.2, 0) is 0 Å². The molecule has 2 aromatic rings. The summed E-state index contributed by atoms with van der Waals surface area (Å²) in [7, 11) is 4.18. The van der Waals surface area contributed by atoms with E-state index in [1.807, 2.05) is 12.1 Å². The second-order valence-corrected chi connectivity index (χ2v) is 7.45. The van der Waals surface area contributed by atoms with Gasteiger partial charge in [0.1, 0.15) is 5.82 Å². The second kappa shape index (κ2) is 7.07. The third-order valence-electron chi connectivity index (χ3n) is 3.83. The van der Waals surface area contributed by atoms with Crippen molar-refractivity contribution in [1.29, 1.82) is 0 Å². The van der Waals surface area contributed by atoms with E-state index < -0.39 is 0 Å². The van der Waals surface area contributed by atoms with Crippen LogP contribution in [-0.4, -0.2) is 43.1 Å². The van der Waals surface area contributed by atoms with Gasteiger partial charge in [-0.1, -0.05) is 12.1 Å². The van der Waals surface area contributed by atoms with Crippen molar-refractivity contribution in [2.24, 2.45) is 0 Å². The first kappa shape index (κ1) is 16.5. The lowest BCUT2D eigenvalue weighted by Gasteiger charge is -2.44. The predicted octanol–water partition coefficient (Wildman–Crippen LogP) is 3.85. The summed E-state index contributed by atoms with van der Waals surface area (Å²) >= 11 is 4.71. The van der Waals surface area contributed by atoms with Crippen molar-refractivity contribution in [2.45, 2.75) is 10.9 Å². The summed E-state index contributed by atoms with van der Waals surface area (Å²) in [5.74, 6) is 0.668. The second-order valence-electron chi connectivity index (χ2n) is 5.68. The molecule has 1 aromatic carbocycles. The number of halogens is 2. The van der Waals surface area contributed by atoms with Crippen LogP contribution in [0.5, 0.6) is 0 Å². The van der Waals surface area contributed by atoms with E-state index in [1.165, 1.54) is 18.0 Å². The minimum Gasteiger partial charge on any atom is -0.352 e. The number of benzene rings is 1. The number of anilines is 2. The first-order chi connectivity index (χ1) is 11.0. The summed E-state index contributed by atoms with van der Waals surface area (Å²) in [4.78, 5) is 9.53. The van der Waals surface area contributed by atoms with E-state index in [2.05, 4.69) is 49.5 Å². The zero-order valence-electron chi connectivity index (χ0n) is 13.0. The lowest BCUT2D eigenvalue weighted by atomic mass is 10.1. The number of likely N-dealkylation sites (N-methyl/N-ethyl adjacent to an activating group) is 1. The Morgan fingerprint density at radius 2 is 2.09 bits per heavy atom. The van der Waals surface area contributed by atoms with Gasteiger partial charge in [0.15, 0.2) is 5.82 Å². The molecule has 3 rings (SSSR count). The van der Waals surface area contributed by atoms with Crippen molar-refractivity contribution >= 4 is 39.4 Å². The molecule has 1 aliphatic heterocycles. The van der Waals surface area contributed by atoms with Gasteiger partial charge in [0.2, 0.25) is 0 Å². The maximum Gasteiger partial charge on any atom is 0.153 e. The zero-order valence-corrected chi connectivity index (χ0v) is 15.4. The van der Waals surface area contributed by atoms with Crippen LogP contribution in [0.2, 0.25) is 0 Å². The summed E-state index contributed by atoms with van der Waals surface area (Å²) in [6, 6.07) is 9.24. The average molecular weight is 397 g/mol. The molecule has 1 saturated heterocycles. The Morgan fingerprint density at radius 3 is 2.78 bits per heavy atom. The molecule has 23 heavy (non-hydrogen) atoms. The van der Waals surface area contributed by atoms with Gasteiger partial charge in [-0.05, 0) is 60.2 Å². The van der Waals surface area contributed by atoms with Crippen LogP contribution in [0.4, 0.5) is 15.9 Å². The molecule has 0 saturated carbocycles. The predicted molar refractivity (Wildman–Crippen MR) is 97.5 cm³/mol. The molecule has 1 aromatic heterocycles. The lowest BCUT2D eigenvalue weighted by molar-refractivity contribution is 0.246. The Kier molecular flexibility index (Phi) is 5.08. The fraction of sp³-hybridized carbons (Fsp3) is 0.312. The molecule has 2 heterocycles. The minimum absolute atomic E-state index is 0.230. The van der Waals surface area contributed by atoms with Crippen LogP contribution in [0, 0.1) is 5.82 Å². The third-order valence-corrected chi connectivity index (χ3v) is 5.14. The average Bonchev–Trinajstić information content (AvgIpc) is 2.46. The van der Waals surface area contributed by atoms with Gasteiger partial charge in [0, 0.05) is 29.8 Å². The van der Waals surface area contributed by atoms with Crippen LogP contribution in [0.15, 0.2) is 45.9 Å². The molecule has 0 amide bonds. The molecule has 7 heteroatoms. The highest BCUT2D eigenvalue weighted by molar-refractivity contribution is 9.10. The largest absolute Gasteiger partial charge is 0.352 e. The Morgan fingerprint density at radius 1 is 1.35 bits per heavy atom. The van der Waals surface area contributed by atoms with Crippen LogP contribution < -0.4 is 9.62 Å². The highest BCUT2D eigenvalue weighted by Crippen LogP contribution is 2.34. The van der Waals surface area contributed by atoms with E-state index in [1.54, 1.807) is 18.3 Å². The number of hydrogen-bond donors (Lipinski definition) is 1. The molecule has 1 N–H and O–H groups in total. The molecule has 0 aliphatic carbocycles. The van der Waals surface area contributed by atoms with Crippen molar-refractivity contribution in [3.63, 3.8) is 0 Å².